The van der Waals surface area contributed by atoms with Crippen LogP contribution in [-0.2, 0) is 18.4 Å². The van der Waals surface area contributed by atoms with E-state index in [0.717, 1.165) is 0 Å². The highest BCUT2D eigenvalue weighted by atomic mass is 35.5. The molecule has 0 bridgehead atoms. The van der Waals surface area contributed by atoms with Gasteiger partial charge in [0.1, 0.15) is 30.2 Å². The molecule has 1 aromatic carbocycles. The normalized spacial score (nSPS) is 24.8. The van der Waals surface area contributed by atoms with Crippen LogP contribution < -0.4 is 5.32 Å². The van der Waals surface area contributed by atoms with E-state index in [-0.39, 0.29) is 16.5 Å². The molecule has 0 radical (unpaired) electrons. The Balaban J connectivity index is 1.56. The molecule has 1 aliphatic heterocycles. The van der Waals surface area contributed by atoms with Crippen molar-refractivity contribution in [1.29, 1.82) is 0 Å². The van der Waals surface area contributed by atoms with Crippen LogP contribution in [0, 0.1) is 5.82 Å². The number of nitrogens with one attached hydrogen (secondary N) is 1. The number of aliphatic hydroxyl groups is 2. The molecule has 37 heavy (non-hydrogen) atoms. The van der Waals surface area contributed by atoms with Gasteiger partial charge in [0.15, 0.2) is 16.7 Å². The van der Waals surface area contributed by atoms with E-state index in [4.69, 9.17) is 30.6 Å². The van der Waals surface area contributed by atoms with E-state index >= 15 is 0 Å². The Morgan fingerprint density at radius 2 is 1.95 bits per heavy atom. The van der Waals surface area contributed by atoms with E-state index in [1.807, 2.05) is 0 Å². The summed E-state index contributed by atoms with van der Waals surface area (Å²) in [5.74, 6) is -1.81. The van der Waals surface area contributed by atoms with Crippen molar-refractivity contribution in [3.63, 3.8) is 0 Å². The Morgan fingerprint density at radius 1 is 1.24 bits per heavy atom. The second-order valence-corrected chi connectivity index (χ2v) is 12.9. The van der Waals surface area contributed by atoms with Gasteiger partial charge in [-0.1, -0.05) is 29.8 Å². The first kappa shape index (κ1) is 28.1. The molecule has 3 aromatic rings. The zero-order valence-electron chi connectivity index (χ0n) is 19.1. The van der Waals surface area contributed by atoms with Crippen LogP contribution >= 0.6 is 26.8 Å². The molecule has 2 aromatic heterocycles. The summed E-state index contributed by atoms with van der Waals surface area (Å²) in [7, 11) is -9.55. The minimum Gasteiger partial charge on any atom is -0.387 e. The number of aliphatic hydroxyl groups excluding tert-OH is 2. The maximum Gasteiger partial charge on any atom is 0.340 e. The van der Waals surface area contributed by atoms with Crippen molar-refractivity contribution in [3.8, 4) is 0 Å². The molecule has 0 spiro atoms. The number of imidazole rings is 1. The van der Waals surface area contributed by atoms with Gasteiger partial charge in [-0.15, -0.1) is 0 Å². The van der Waals surface area contributed by atoms with Crippen LogP contribution in [0.3, 0.4) is 0 Å². The zero-order chi connectivity index (χ0) is 27.1. The predicted octanol–water partition coefficient (Wildman–Crippen LogP) is 2.19. The molecule has 1 fully saturated rings. The van der Waals surface area contributed by atoms with Crippen LogP contribution in [0.5, 0.6) is 0 Å². The number of hydrogen-bond acceptors (Lipinski definition) is 9. The fourth-order valence-electron chi connectivity index (χ4n) is 3.99. The number of aromatic nitrogens is 3. The quantitative estimate of drug-likeness (QED) is 0.202. The lowest BCUT2D eigenvalue weighted by atomic mass is 10.1. The zero-order valence-corrected chi connectivity index (χ0v) is 21.7. The number of fused-ring (bicyclic) bond motifs is 1. The van der Waals surface area contributed by atoms with Crippen LogP contribution in [0.15, 0.2) is 36.5 Å². The van der Waals surface area contributed by atoms with Crippen molar-refractivity contribution in [1.82, 2.24) is 14.6 Å². The fourth-order valence-corrected chi connectivity index (χ4v) is 6.74. The Labute approximate surface area is 214 Å². The van der Waals surface area contributed by atoms with Crippen molar-refractivity contribution < 1.29 is 47.7 Å². The molecule has 0 amide bonds. The highest BCUT2D eigenvalue weighted by Gasteiger charge is 2.46. The van der Waals surface area contributed by atoms with E-state index in [0.29, 0.717) is 11.3 Å². The van der Waals surface area contributed by atoms with Crippen molar-refractivity contribution in [2.45, 2.75) is 37.4 Å². The van der Waals surface area contributed by atoms with Crippen molar-refractivity contribution in [2.24, 2.45) is 0 Å². The highest BCUT2D eigenvalue weighted by Crippen LogP contribution is 2.55. The topological polar surface area (TPSA) is 196 Å². The molecule has 0 saturated carbocycles. The second kappa shape index (κ2) is 10.7. The monoisotopic (exact) mass is 580 g/mol. The number of anilines is 1. The molecule has 202 valence electrons. The molecular formula is C20H24ClFN4O9P2. The first-order valence-corrected chi connectivity index (χ1v) is 14.8. The number of hydrogen-bond donors (Lipinski definition) is 6. The van der Waals surface area contributed by atoms with Crippen LogP contribution in [0.25, 0.3) is 5.65 Å². The molecule has 13 nitrogen and oxygen atoms in total. The third kappa shape index (κ3) is 6.37. The summed E-state index contributed by atoms with van der Waals surface area (Å²) in [5.41, 5.74) is 1.24. The minimum atomic E-state index is -4.85. The molecule has 1 aliphatic rings. The van der Waals surface area contributed by atoms with E-state index in [1.165, 1.54) is 22.8 Å². The first-order valence-electron chi connectivity index (χ1n) is 10.8. The lowest BCUT2D eigenvalue weighted by molar-refractivity contribution is -0.0204. The summed E-state index contributed by atoms with van der Waals surface area (Å²) in [6.07, 6.45) is -4.33. The Bertz CT molecular complexity index is 1390. The molecule has 6 atom stereocenters. The third-order valence-corrected chi connectivity index (χ3v) is 9.31. The van der Waals surface area contributed by atoms with Crippen LogP contribution in [0.4, 0.5) is 10.1 Å². The highest BCUT2D eigenvalue weighted by molar-refractivity contribution is 7.70. The summed E-state index contributed by atoms with van der Waals surface area (Å²) in [6, 6.07) is 7.24. The largest absolute Gasteiger partial charge is 0.387 e. The van der Waals surface area contributed by atoms with E-state index in [9.17, 15) is 28.6 Å². The van der Waals surface area contributed by atoms with Gasteiger partial charge < -0.3 is 39.5 Å². The minimum absolute atomic E-state index is 0.0292. The third-order valence-electron chi connectivity index (χ3n) is 5.67. The average Bonchev–Trinajstić information content (AvgIpc) is 3.32. The van der Waals surface area contributed by atoms with Crippen molar-refractivity contribution in [3.05, 3.63) is 58.8 Å². The number of nitrogens with zero attached hydrogens (tertiary/aromatic N) is 3. The summed E-state index contributed by atoms with van der Waals surface area (Å²) in [4.78, 5) is 31.8. The van der Waals surface area contributed by atoms with Gasteiger partial charge in [0, 0.05) is 11.6 Å². The van der Waals surface area contributed by atoms with Gasteiger partial charge >= 0.3 is 15.2 Å². The van der Waals surface area contributed by atoms with Gasteiger partial charge in [-0.2, -0.15) is 5.10 Å². The van der Waals surface area contributed by atoms with Crippen LogP contribution in [-0.4, -0.2) is 70.3 Å². The van der Waals surface area contributed by atoms with E-state index < -0.39 is 64.0 Å². The smallest absolute Gasteiger partial charge is 0.340 e. The molecule has 4 rings (SSSR count). The van der Waals surface area contributed by atoms with E-state index in [2.05, 4.69) is 15.4 Å². The molecule has 17 heteroatoms. The maximum atomic E-state index is 14.2. The van der Waals surface area contributed by atoms with Gasteiger partial charge in [-0.25, -0.2) is 13.9 Å². The summed E-state index contributed by atoms with van der Waals surface area (Å²) >= 11 is 6.20. The van der Waals surface area contributed by atoms with E-state index in [1.54, 1.807) is 25.1 Å². The Hall–Kier alpha value is -1.96. The van der Waals surface area contributed by atoms with Gasteiger partial charge in [-0.3, -0.25) is 9.13 Å². The predicted molar refractivity (Wildman–Crippen MR) is 129 cm³/mol. The van der Waals surface area contributed by atoms with Crippen molar-refractivity contribution >= 4 is 38.1 Å². The molecule has 1 saturated heterocycles. The molecule has 3 heterocycles. The molecule has 1 unspecified atom stereocenters. The summed E-state index contributed by atoms with van der Waals surface area (Å²) in [6.45, 7) is 1.00. The van der Waals surface area contributed by atoms with Crippen molar-refractivity contribution in [2.75, 3.05) is 17.8 Å². The average molecular weight is 581 g/mol. The van der Waals surface area contributed by atoms with Gasteiger partial charge in [0.25, 0.3) is 0 Å². The first-order chi connectivity index (χ1) is 17.3. The lowest BCUT2D eigenvalue weighted by Gasteiger charge is -2.18. The maximum absolute atomic E-state index is 14.2. The number of halogens is 2. The van der Waals surface area contributed by atoms with Gasteiger partial charge in [0.2, 0.25) is 0 Å². The van der Waals surface area contributed by atoms with Crippen LogP contribution in [0.2, 0.25) is 5.15 Å². The lowest BCUT2D eigenvalue weighted by Crippen LogP contribution is -2.33. The van der Waals surface area contributed by atoms with Gasteiger partial charge in [0.05, 0.1) is 30.2 Å². The number of benzene rings is 1. The fraction of sp³-hybridized carbons (Fsp3) is 0.400. The summed E-state index contributed by atoms with van der Waals surface area (Å²) < 4.78 is 48.8. The Kier molecular flexibility index (Phi) is 8.08. The Morgan fingerprint density at radius 3 is 2.62 bits per heavy atom. The number of ether oxygens (including phenoxy) is 1. The molecule has 0 aliphatic carbocycles. The van der Waals surface area contributed by atoms with Gasteiger partial charge in [-0.05, 0) is 13.0 Å². The molecular weight excluding hydrogens is 557 g/mol. The number of rotatable bonds is 9. The SMILES string of the molecule is C[C@H](Nc1cc(Cl)nn2c([C@@H]3O[C@H](COP(=O)(O)CP(=O)(O)O)[C@@H](O)[C@H]3O)cnc12)c1ccccc1F. The molecule has 6 N–H and O–H groups in total. The van der Waals surface area contributed by atoms with Crippen LogP contribution in [0.1, 0.15) is 30.3 Å². The second-order valence-electron chi connectivity index (χ2n) is 8.50. The summed E-state index contributed by atoms with van der Waals surface area (Å²) in [5, 5.41) is 28.3. The standard InChI is InChI=1S/C20H24ClFN4O9P2/c1-10(11-4-2-3-5-12(11)22)24-13-6-16(21)25-26-14(7-23-20(13)26)19-18(28)17(27)15(35-19)8-34-37(32,33)9-36(29,30)31/h2-7,10,15,17-19,24,27-28H,8-9H2,1H3,(H,32,33)(H2,29,30,31)/t10-,15+,17+,18+,19-/m0/s1.